The number of halogens is 2. The summed E-state index contributed by atoms with van der Waals surface area (Å²) in [5, 5.41) is 8.90. The number of rotatable bonds is 7. The van der Waals surface area contributed by atoms with Crippen LogP contribution < -0.4 is 4.72 Å². The number of esters is 1. The van der Waals surface area contributed by atoms with Crippen molar-refractivity contribution in [3.63, 3.8) is 0 Å². The van der Waals surface area contributed by atoms with Crippen LogP contribution in [0.15, 0.2) is 0 Å². The standard InChI is InChI=1S/C10H18F2N2O5S/c1-2-19-10(16)7-4-3-5-14(7)20(17,18)13-6-8(15)9(11)12/h7-9,13,15H,2-6H2,1H3. The van der Waals surface area contributed by atoms with Gasteiger partial charge < -0.3 is 9.84 Å². The smallest absolute Gasteiger partial charge is 0.324 e. The molecule has 20 heavy (non-hydrogen) atoms. The molecule has 0 radical (unpaired) electrons. The Balaban J connectivity index is 2.68. The summed E-state index contributed by atoms with van der Waals surface area (Å²) in [6, 6.07) is -0.948. The molecule has 0 aromatic rings. The molecule has 2 atom stereocenters. The molecule has 0 spiro atoms. The Hall–Kier alpha value is -0.840. The molecule has 2 N–H and O–H groups in total. The molecule has 0 amide bonds. The molecule has 0 aromatic heterocycles. The number of hydrogen-bond donors (Lipinski definition) is 2. The van der Waals surface area contributed by atoms with E-state index in [4.69, 9.17) is 9.84 Å². The van der Waals surface area contributed by atoms with Crippen LogP contribution in [0.2, 0.25) is 0 Å². The number of nitrogens with zero attached hydrogens (tertiary/aromatic N) is 1. The average Bonchev–Trinajstić information content (AvgIpc) is 2.86. The number of nitrogens with one attached hydrogen (secondary N) is 1. The maximum atomic E-state index is 12.1. The zero-order valence-electron chi connectivity index (χ0n) is 11.0. The molecule has 0 saturated carbocycles. The molecule has 1 aliphatic rings. The fourth-order valence-corrected chi connectivity index (χ4v) is 3.31. The Morgan fingerprint density at radius 3 is 2.75 bits per heavy atom. The molecule has 118 valence electrons. The van der Waals surface area contributed by atoms with Crippen molar-refractivity contribution in [2.24, 2.45) is 0 Å². The number of ether oxygens (including phenoxy) is 1. The van der Waals surface area contributed by atoms with E-state index in [-0.39, 0.29) is 13.2 Å². The van der Waals surface area contributed by atoms with E-state index >= 15 is 0 Å². The normalized spacial score (nSPS) is 22.1. The molecule has 1 saturated heterocycles. The van der Waals surface area contributed by atoms with Gasteiger partial charge in [-0.25, -0.2) is 8.78 Å². The van der Waals surface area contributed by atoms with E-state index in [1.54, 1.807) is 6.92 Å². The molecule has 1 rings (SSSR count). The Morgan fingerprint density at radius 1 is 1.55 bits per heavy atom. The highest BCUT2D eigenvalue weighted by Crippen LogP contribution is 2.21. The minimum Gasteiger partial charge on any atom is -0.465 e. The fourth-order valence-electron chi connectivity index (χ4n) is 1.86. The fraction of sp³-hybridized carbons (Fsp3) is 0.900. The van der Waals surface area contributed by atoms with E-state index < -0.39 is 41.3 Å². The number of aliphatic hydroxyl groups excluding tert-OH is 1. The first-order valence-corrected chi connectivity index (χ1v) is 7.63. The Morgan fingerprint density at radius 2 is 2.20 bits per heavy atom. The SMILES string of the molecule is CCOC(=O)C1CCCN1S(=O)(=O)NCC(O)C(F)F. The van der Waals surface area contributed by atoms with Gasteiger partial charge in [-0.1, -0.05) is 0 Å². The number of alkyl halides is 2. The average molecular weight is 316 g/mol. The lowest BCUT2D eigenvalue weighted by Gasteiger charge is -2.23. The van der Waals surface area contributed by atoms with Crippen molar-refractivity contribution >= 4 is 16.2 Å². The Bertz CT molecular complexity index is 431. The first-order valence-electron chi connectivity index (χ1n) is 6.19. The molecule has 0 aliphatic carbocycles. The second kappa shape index (κ2) is 7.25. The minimum absolute atomic E-state index is 0.101. The van der Waals surface area contributed by atoms with E-state index in [1.165, 1.54) is 0 Å². The second-order valence-electron chi connectivity index (χ2n) is 4.28. The minimum atomic E-state index is -4.11. The van der Waals surface area contributed by atoms with Crippen LogP contribution >= 0.6 is 0 Å². The van der Waals surface area contributed by atoms with Crippen LogP contribution in [0.4, 0.5) is 8.78 Å². The quantitative estimate of drug-likeness (QED) is 0.616. The summed E-state index contributed by atoms with van der Waals surface area (Å²) in [5.41, 5.74) is 0. The second-order valence-corrected chi connectivity index (χ2v) is 5.98. The predicted molar refractivity (Wildman–Crippen MR) is 65.3 cm³/mol. The van der Waals surface area contributed by atoms with E-state index in [9.17, 15) is 22.0 Å². The van der Waals surface area contributed by atoms with Gasteiger partial charge in [0.1, 0.15) is 12.1 Å². The van der Waals surface area contributed by atoms with Gasteiger partial charge in [0.2, 0.25) is 0 Å². The van der Waals surface area contributed by atoms with Gasteiger partial charge in [0, 0.05) is 13.1 Å². The molecule has 0 aromatic carbocycles. The molecule has 10 heteroatoms. The third-order valence-corrected chi connectivity index (χ3v) is 4.42. The van der Waals surface area contributed by atoms with Crippen LogP contribution in [-0.2, 0) is 19.7 Å². The highest BCUT2D eigenvalue weighted by Gasteiger charge is 2.39. The zero-order valence-corrected chi connectivity index (χ0v) is 11.8. The first-order chi connectivity index (χ1) is 9.29. The van der Waals surface area contributed by atoms with Gasteiger partial charge in [-0.05, 0) is 19.8 Å². The van der Waals surface area contributed by atoms with Crippen LogP contribution in [-0.4, -0.2) is 62.1 Å². The molecule has 2 unspecified atom stereocenters. The molecule has 7 nitrogen and oxygen atoms in total. The molecule has 0 bridgehead atoms. The lowest BCUT2D eigenvalue weighted by atomic mass is 10.2. The number of carbonyl (C=O) groups excluding carboxylic acids is 1. The molecule has 1 heterocycles. The van der Waals surface area contributed by atoms with E-state index in [0.29, 0.717) is 12.8 Å². The summed E-state index contributed by atoms with van der Waals surface area (Å²) < 4.78 is 55.6. The molecular weight excluding hydrogens is 298 g/mol. The van der Waals surface area contributed by atoms with Crippen LogP contribution in [0.3, 0.4) is 0 Å². The summed E-state index contributed by atoms with van der Waals surface area (Å²) in [7, 11) is -4.11. The number of hydrogen-bond acceptors (Lipinski definition) is 5. The third kappa shape index (κ3) is 4.33. The maximum Gasteiger partial charge on any atom is 0.324 e. The maximum absolute atomic E-state index is 12.1. The predicted octanol–water partition coefficient (Wildman–Crippen LogP) is -0.526. The largest absolute Gasteiger partial charge is 0.465 e. The van der Waals surface area contributed by atoms with Gasteiger partial charge >= 0.3 is 5.97 Å². The van der Waals surface area contributed by atoms with Gasteiger partial charge in [0.15, 0.2) is 0 Å². The zero-order chi connectivity index (χ0) is 15.3. The van der Waals surface area contributed by atoms with Gasteiger partial charge in [-0.3, -0.25) is 4.79 Å². The topological polar surface area (TPSA) is 95.9 Å². The Labute approximate surface area is 116 Å². The summed E-state index contributed by atoms with van der Waals surface area (Å²) in [6.45, 7) is 1.01. The monoisotopic (exact) mass is 316 g/mol. The third-order valence-electron chi connectivity index (χ3n) is 2.84. The molecule has 1 fully saturated rings. The van der Waals surface area contributed by atoms with Gasteiger partial charge in [0.25, 0.3) is 16.6 Å². The highest BCUT2D eigenvalue weighted by atomic mass is 32.2. The summed E-state index contributed by atoms with van der Waals surface area (Å²) in [6.07, 6.45) is -4.34. The van der Waals surface area contributed by atoms with Crippen molar-refractivity contribution in [3.05, 3.63) is 0 Å². The van der Waals surface area contributed by atoms with Crippen molar-refractivity contribution in [2.75, 3.05) is 19.7 Å². The lowest BCUT2D eigenvalue weighted by Crippen LogP contribution is -2.49. The van der Waals surface area contributed by atoms with Crippen molar-refractivity contribution in [1.29, 1.82) is 0 Å². The van der Waals surface area contributed by atoms with Gasteiger partial charge in [-0.15, -0.1) is 0 Å². The van der Waals surface area contributed by atoms with Crippen molar-refractivity contribution in [2.45, 2.75) is 38.3 Å². The highest BCUT2D eigenvalue weighted by molar-refractivity contribution is 7.87. The van der Waals surface area contributed by atoms with Crippen LogP contribution in [0, 0.1) is 0 Å². The lowest BCUT2D eigenvalue weighted by molar-refractivity contribution is -0.146. The van der Waals surface area contributed by atoms with Gasteiger partial charge in [0.05, 0.1) is 6.61 Å². The van der Waals surface area contributed by atoms with Gasteiger partial charge in [-0.2, -0.15) is 17.4 Å². The Kier molecular flexibility index (Phi) is 6.24. The van der Waals surface area contributed by atoms with E-state index in [0.717, 1.165) is 4.31 Å². The van der Waals surface area contributed by atoms with Crippen LogP contribution in [0.25, 0.3) is 0 Å². The number of aliphatic hydroxyl groups is 1. The van der Waals surface area contributed by atoms with Crippen LogP contribution in [0.5, 0.6) is 0 Å². The number of carbonyl (C=O) groups is 1. The van der Waals surface area contributed by atoms with E-state index in [2.05, 4.69) is 0 Å². The van der Waals surface area contributed by atoms with Crippen molar-refractivity contribution in [1.82, 2.24) is 9.03 Å². The van der Waals surface area contributed by atoms with Crippen molar-refractivity contribution < 1.29 is 31.8 Å². The van der Waals surface area contributed by atoms with E-state index in [1.807, 2.05) is 4.72 Å². The molecular formula is C10H18F2N2O5S. The summed E-state index contributed by atoms with van der Waals surface area (Å²) >= 11 is 0. The van der Waals surface area contributed by atoms with Crippen LogP contribution in [0.1, 0.15) is 19.8 Å². The summed E-state index contributed by atoms with van der Waals surface area (Å²) in [4.78, 5) is 11.6. The van der Waals surface area contributed by atoms with Crippen molar-refractivity contribution in [3.8, 4) is 0 Å². The first kappa shape index (κ1) is 17.2. The molecule has 1 aliphatic heterocycles. The summed E-state index contributed by atoms with van der Waals surface area (Å²) in [5.74, 6) is -0.662.